The predicted octanol–water partition coefficient (Wildman–Crippen LogP) is 3.07. The minimum Gasteiger partial charge on any atom is -0.478 e. The first-order chi connectivity index (χ1) is 9.70. The Morgan fingerprint density at radius 3 is 2.70 bits per heavy atom. The zero-order chi connectivity index (χ0) is 13.7. The highest BCUT2D eigenvalue weighted by molar-refractivity contribution is 6.03. The lowest BCUT2D eigenvalue weighted by Crippen LogP contribution is -2.64. The molecule has 2 aliphatic rings. The summed E-state index contributed by atoms with van der Waals surface area (Å²) < 4.78 is 0. The van der Waals surface area contributed by atoms with Crippen LogP contribution < -0.4 is 4.90 Å². The van der Waals surface area contributed by atoms with Crippen molar-refractivity contribution in [2.24, 2.45) is 0 Å². The molecule has 4 heteroatoms. The Hall–Kier alpha value is -2.10. The highest BCUT2D eigenvalue weighted by atomic mass is 16.4. The third-order valence-electron chi connectivity index (χ3n) is 4.92. The van der Waals surface area contributed by atoms with Crippen molar-refractivity contribution in [1.29, 1.82) is 0 Å². The molecule has 4 rings (SSSR count). The number of rotatable bonds is 2. The number of carbonyl (C=O) groups is 1. The molecule has 1 spiro atoms. The standard InChI is InChI=1S/C16H16N2O2/c19-15(20)12-4-8-17-14-3-2-11(10-13(12)14)18-9-7-16(18)5-1-6-16/h2-4,8,10H,1,5-7,9H2,(H,19,20). The van der Waals surface area contributed by atoms with Crippen LogP contribution in [0.3, 0.4) is 0 Å². The maximum Gasteiger partial charge on any atom is 0.336 e. The van der Waals surface area contributed by atoms with Crippen LogP contribution >= 0.6 is 0 Å². The van der Waals surface area contributed by atoms with Crippen molar-refractivity contribution >= 4 is 22.6 Å². The van der Waals surface area contributed by atoms with Crippen LogP contribution in [0, 0.1) is 0 Å². The fraction of sp³-hybridized carbons (Fsp3) is 0.375. The minimum atomic E-state index is -0.892. The molecule has 1 aliphatic carbocycles. The molecule has 102 valence electrons. The van der Waals surface area contributed by atoms with E-state index in [1.165, 1.54) is 25.7 Å². The summed E-state index contributed by atoms with van der Waals surface area (Å²) in [5.74, 6) is -0.892. The van der Waals surface area contributed by atoms with Gasteiger partial charge in [0.05, 0.1) is 11.1 Å². The molecule has 2 fully saturated rings. The van der Waals surface area contributed by atoms with Gasteiger partial charge in [-0.2, -0.15) is 0 Å². The Labute approximate surface area is 117 Å². The molecule has 4 nitrogen and oxygen atoms in total. The molecule has 1 saturated heterocycles. The van der Waals surface area contributed by atoms with Crippen LogP contribution in [0.4, 0.5) is 5.69 Å². The van der Waals surface area contributed by atoms with Gasteiger partial charge in [-0.25, -0.2) is 4.79 Å². The topological polar surface area (TPSA) is 53.4 Å². The lowest BCUT2D eigenvalue weighted by molar-refractivity contribution is 0.0699. The van der Waals surface area contributed by atoms with Gasteiger partial charge < -0.3 is 10.0 Å². The molecular formula is C16H16N2O2. The fourth-order valence-electron chi connectivity index (χ4n) is 3.54. The molecule has 0 bridgehead atoms. The van der Waals surface area contributed by atoms with E-state index in [0.717, 1.165) is 23.1 Å². The second kappa shape index (κ2) is 3.95. The van der Waals surface area contributed by atoms with Crippen molar-refractivity contribution in [3.05, 3.63) is 36.0 Å². The number of pyridine rings is 1. The van der Waals surface area contributed by atoms with Gasteiger partial charge in [0.1, 0.15) is 0 Å². The SMILES string of the molecule is O=C(O)c1ccnc2ccc(N3CCC34CCC4)cc12. The number of aromatic carboxylic acids is 1. The van der Waals surface area contributed by atoms with E-state index in [-0.39, 0.29) is 0 Å². The van der Waals surface area contributed by atoms with Gasteiger partial charge in [-0.05, 0) is 49.9 Å². The normalized spacial score (nSPS) is 19.7. The number of hydrogen-bond donors (Lipinski definition) is 1. The van der Waals surface area contributed by atoms with Crippen LogP contribution in [0.25, 0.3) is 10.9 Å². The van der Waals surface area contributed by atoms with Crippen LogP contribution in [0.15, 0.2) is 30.5 Å². The van der Waals surface area contributed by atoms with Crippen LogP contribution in [0.1, 0.15) is 36.0 Å². The Balaban J connectivity index is 1.82. The zero-order valence-corrected chi connectivity index (χ0v) is 11.2. The largest absolute Gasteiger partial charge is 0.478 e. The molecule has 2 aromatic rings. The number of hydrogen-bond acceptors (Lipinski definition) is 3. The number of carboxylic acid groups (broad SMARTS) is 1. The van der Waals surface area contributed by atoms with E-state index >= 15 is 0 Å². The van der Waals surface area contributed by atoms with Gasteiger partial charge in [0, 0.05) is 29.4 Å². The van der Waals surface area contributed by atoms with Crippen LogP contribution in [0.5, 0.6) is 0 Å². The third-order valence-corrected chi connectivity index (χ3v) is 4.92. The molecule has 0 amide bonds. The van der Waals surface area contributed by atoms with Crippen molar-refractivity contribution in [2.75, 3.05) is 11.4 Å². The van der Waals surface area contributed by atoms with E-state index in [1.807, 2.05) is 12.1 Å². The number of fused-ring (bicyclic) bond motifs is 1. The lowest BCUT2D eigenvalue weighted by Gasteiger charge is -2.60. The molecule has 1 N–H and O–H groups in total. The maximum absolute atomic E-state index is 11.3. The molecule has 2 heterocycles. The predicted molar refractivity (Wildman–Crippen MR) is 77.2 cm³/mol. The van der Waals surface area contributed by atoms with Crippen LogP contribution in [-0.4, -0.2) is 28.1 Å². The summed E-state index contributed by atoms with van der Waals surface area (Å²) in [6.07, 6.45) is 6.67. The first-order valence-electron chi connectivity index (χ1n) is 7.09. The Bertz CT molecular complexity index is 701. The highest BCUT2D eigenvalue weighted by Gasteiger charge is 2.48. The van der Waals surface area contributed by atoms with E-state index in [4.69, 9.17) is 0 Å². The molecular weight excluding hydrogens is 252 g/mol. The lowest BCUT2D eigenvalue weighted by atomic mass is 9.67. The summed E-state index contributed by atoms with van der Waals surface area (Å²) in [4.78, 5) is 18.0. The monoisotopic (exact) mass is 268 g/mol. The Morgan fingerprint density at radius 2 is 2.10 bits per heavy atom. The summed E-state index contributed by atoms with van der Waals surface area (Å²) in [7, 11) is 0. The van der Waals surface area contributed by atoms with E-state index in [9.17, 15) is 9.90 Å². The highest BCUT2D eigenvalue weighted by Crippen LogP contribution is 2.49. The van der Waals surface area contributed by atoms with Crippen molar-refractivity contribution in [1.82, 2.24) is 4.98 Å². The van der Waals surface area contributed by atoms with E-state index in [0.29, 0.717) is 11.1 Å². The van der Waals surface area contributed by atoms with Gasteiger partial charge in [0.25, 0.3) is 0 Å². The average Bonchev–Trinajstić information content (AvgIpc) is 2.34. The summed E-state index contributed by atoms with van der Waals surface area (Å²) in [6, 6.07) is 7.57. The quantitative estimate of drug-likeness (QED) is 0.909. The summed E-state index contributed by atoms with van der Waals surface area (Å²) in [5.41, 5.74) is 2.59. The summed E-state index contributed by atoms with van der Waals surface area (Å²) in [6.45, 7) is 1.08. The van der Waals surface area contributed by atoms with Crippen molar-refractivity contribution in [2.45, 2.75) is 31.2 Å². The van der Waals surface area contributed by atoms with Crippen molar-refractivity contribution in [3.63, 3.8) is 0 Å². The van der Waals surface area contributed by atoms with Gasteiger partial charge in [-0.15, -0.1) is 0 Å². The van der Waals surface area contributed by atoms with Crippen molar-refractivity contribution < 1.29 is 9.90 Å². The average molecular weight is 268 g/mol. The van der Waals surface area contributed by atoms with Gasteiger partial charge in [0.15, 0.2) is 0 Å². The second-order valence-corrected chi connectivity index (χ2v) is 5.84. The number of carboxylic acids is 1. The minimum absolute atomic E-state index is 0.333. The van der Waals surface area contributed by atoms with Gasteiger partial charge in [-0.3, -0.25) is 4.98 Å². The second-order valence-electron chi connectivity index (χ2n) is 5.84. The Morgan fingerprint density at radius 1 is 1.25 bits per heavy atom. The molecule has 0 radical (unpaired) electrons. The molecule has 1 aromatic carbocycles. The van der Waals surface area contributed by atoms with E-state index in [1.54, 1.807) is 12.3 Å². The molecule has 0 atom stereocenters. The fourth-order valence-corrected chi connectivity index (χ4v) is 3.54. The Kier molecular flexibility index (Phi) is 2.31. The van der Waals surface area contributed by atoms with E-state index < -0.39 is 5.97 Å². The zero-order valence-electron chi connectivity index (χ0n) is 11.2. The van der Waals surface area contributed by atoms with Crippen LogP contribution in [-0.2, 0) is 0 Å². The maximum atomic E-state index is 11.3. The number of aromatic nitrogens is 1. The van der Waals surface area contributed by atoms with Crippen molar-refractivity contribution in [3.8, 4) is 0 Å². The first kappa shape index (κ1) is 11.7. The van der Waals surface area contributed by atoms with Crippen LogP contribution in [0.2, 0.25) is 0 Å². The summed E-state index contributed by atoms with van der Waals surface area (Å²) >= 11 is 0. The number of nitrogens with zero attached hydrogens (tertiary/aromatic N) is 2. The molecule has 0 unspecified atom stereocenters. The molecule has 1 saturated carbocycles. The van der Waals surface area contributed by atoms with Gasteiger partial charge in [0.2, 0.25) is 0 Å². The molecule has 20 heavy (non-hydrogen) atoms. The number of anilines is 1. The summed E-state index contributed by atoms with van der Waals surface area (Å²) in [5, 5.41) is 10.0. The van der Waals surface area contributed by atoms with Gasteiger partial charge in [-0.1, -0.05) is 0 Å². The molecule has 1 aliphatic heterocycles. The first-order valence-corrected chi connectivity index (χ1v) is 7.09. The molecule has 1 aromatic heterocycles. The number of benzene rings is 1. The van der Waals surface area contributed by atoms with Gasteiger partial charge >= 0.3 is 5.97 Å². The van der Waals surface area contributed by atoms with E-state index in [2.05, 4.69) is 16.0 Å². The smallest absolute Gasteiger partial charge is 0.336 e. The third kappa shape index (κ3) is 1.48.